The standard InChI is InChI=1S/C13H16O2/c1-4-9(3)13(15)11-8-10(5-2)6-7-12(11)14/h4,6-8,14H,5H2,1-3H3/b9-4+. The van der Waals surface area contributed by atoms with Gasteiger partial charge in [0.05, 0.1) is 5.56 Å². The van der Waals surface area contributed by atoms with Crippen LogP contribution in [-0.2, 0) is 6.42 Å². The van der Waals surface area contributed by atoms with Crippen LogP contribution < -0.4 is 0 Å². The van der Waals surface area contributed by atoms with Gasteiger partial charge in [-0.15, -0.1) is 0 Å². The molecule has 1 rings (SSSR count). The first kappa shape index (κ1) is 11.5. The Kier molecular flexibility index (Phi) is 3.67. The Hall–Kier alpha value is -1.57. The number of allylic oxidation sites excluding steroid dienone is 2. The van der Waals surface area contributed by atoms with Crippen molar-refractivity contribution in [3.8, 4) is 5.75 Å². The second kappa shape index (κ2) is 4.78. The van der Waals surface area contributed by atoms with E-state index in [-0.39, 0.29) is 11.5 Å². The van der Waals surface area contributed by atoms with Crippen LogP contribution in [-0.4, -0.2) is 10.9 Å². The number of hydrogen-bond donors (Lipinski definition) is 1. The fourth-order valence-electron chi connectivity index (χ4n) is 1.33. The molecule has 0 aromatic heterocycles. The summed E-state index contributed by atoms with van der Waals surface area (Å²) in [5, 5.41) is 9.60. The van der Waals surface area contributed by atoms with E-state index < -0.39 is 0 Å². The summed E-state index contributed by atoms with van der Waals surface area (Å²) in [5.41, 5.74) is 2.10. The van der Waals surface area contributed by atoms with Crippen LogP contribution in [0.5, 0.6) is 5.75 Å². The molecule has 0 aliphatic heterocycles. The fraction of sp³-hybridized carbons (Fsp3) is 0.308. The van der Waals surface area contributed by atoms with Gasteiger partial charge in [0.25, 0.3) is 0 Å². The van der Waals surface area contributed by atoms with Crippen LogP contribution in [0.15, 0.2) is 29.8 Å². The molecule has 0 aliphatic rings. The van der Waals surface area contributed by atoms with Gasteiger partial charge in [-0.1, -0.05) is 19.1 Å². The molecule has 0 bridgehead atoms. The zero-order valence-electron chi connectivity index (χ0n) is 9.37. The molecular formula is C13H16O2. The number of carbonyl (C=O) groups excluding carboxylic acids is 1. The molecule has 1 aromatic rings. The third-order valence-corrected chi connectivity index (χ3v) is 2.51. The molecule has 0 saturated carbocycles. The summed E-state index contributed by atoms with van der Waals surface area (Å²) in [6, 6.07) is 5.16. The molecule has 2 nitrogen and oxygen atoms in total. The van der Waals surface area contributed by atoms with E-state index in [9.17, 15) is 9.90 Å². The Bertz CT molecular complexity index is 403. The van der Waals surface area contributed by atoms with Gasteiger partial charge in [0.15, 0.2) is 5.78 Å². The largest absolute Gasteiger partial charge is 0.507 e. The van der Waals surface area contributed by atoms with Crippen molar-refractivity contribution in [3.63, 3.8) is 0 Å². The maximum absolute atomic E-state index is 11.8. The van der Waals surface area contributed by atoms with Gasteiger partial charge in [-0.3, -0.25) is 4.79 Å². The molecule has 0 amide bonds. The second-order valence-electron chi connectivity index (χ2n) is 3.51. The number of benzene rings is 1. The predicted octanol–water partition coefficient (Wildman–Crippen LogP) is 3.10. The molecule has 0 atom stereocenters. The van der Waals surface area contributed by atoms with Crippen molar-refractivity contribution in [3.05, 3.63) is 41.0 Å². The van der Waals surface area contributed by atoms with Crippen molar-refractivity contribution >= 4 is 5.78 Å². The summed E-state index contributed by atoms with van der Waals surface area (Å²) in [5.74, 6) is -0.0521. The third kappa shape index (κ3) is 2.46. The van der Waals surface area contributed by atoms with Crippen molar-refractivity contribution in [2.24, 2.45) is 0 Å². The number of ketones is 1. The highest BCUT2D eigenvalue weighted by molar-refractivity contribution is 6.10. The lowest BCUT2D eigenvalue weighted by Crippen LogP contribution is -2.01. The van der Waals surface area contributed by atoms with Crippen LogP contribution in [0.4, 0.5) is 0 Å². The number of hydrogen-bond acceptors (Lipinski definition) is 2. The van der Waals surface area contributed by atoms with Gasteiger partial charge in [0, 0.05) is 0 Å². The van der Waals surface area contributed by atoms with Gasteiger partial charge in [0.2, 0.25) is 0 Å². The highest BCUT2D eigenvalue weighted by atomic mass is 16.3. The molecule has 0 spiro atoms. The number of aryl methyl sites for hydroxylation is 1. The quantitative estimate of drug-likeness (QED) is 0.606. The summed E-state index contributed by atoms with van der Waals surface area (Å²) in [6.45, 7) is 5.58. The summed E-state index contributed by atoms with van der Waals surface area (Å²) in [7, 11) is 0. The Balaban J connectivity index is 3.18. The molecule has 0 radical (unpaired) electrons. The number of phenols is 1. The molecule has 15 heavy (non-hydrogen) atoms. The van der Waals surface area contributed by atoms with E-state index in [2.05, 4.69) is 0 Å². The normalized spacial score (nSPS) is 11.5. The van der Waals surface area contributed by atoms with E-state index in [1.54, 1.807) is 25.1 Å². The van der Waals surface area contributed by atoms with Gasteiger partial charge in [-0.05, 0) is 43.5 Å². The van der Waals surface area contributed by atoms with E-state index in [4.69, 9.17) is 0 Å². The fourth-order valence-corrected chi connectivity index (χ4v) is 1.33. The number of rotatable bonds is 3. The number of phenolic OH excluding ortho intramolecular Hbond substituents is 1. The lowest BCUT2D eigenvalue weighted by atomic mass is 10.0. The summed E-state index contributed by atoms with van der Waals surface area (Å²) in [4.78, 5) is 11.8. The number of Topliss-reactive ketones (excluding diaryl/α,β-unsaturated/α-hetero) is 1. The molecule has 1 aromatic carbocycles. The maximum Gasteiger partial charge on any atom is 0.192 e. The van der Waals surface area contributed by atoms with Crippen LogP contribution in [0.25, 0.3) is 0 Å². The van der Waals surface area contributed by atoms with Crippen LogP contribution in [0, 0.1) is 0 Å². The SMILES string of the molecule is C/C=C(\C)C(=O)c1cc(CC)ccc1O. The first-order chi connectivity index (χ1) is 7.10. The maximum atomic E-state index is 11.8. The molecule has 80 valence electrons. The smallest absolute Gasteiger partial charge is 0.192 e. The summed E-state index contributed by atoms with van der Waals surface area (Å²) in [6.07, 6.45) is 2.61. The van der Waals surface area contributed by atoms with Crippen molar-refractivity contribution in [2.45, 2.75) is 27.2 Å². The lowest BCUT2D eigenvalue weighted by molar-refractivity contribution is 0.103. The van der Waals surface area contributed by atoms with Crippen molar-refractivity contribution < 1.29 is 9.90 Å². The lowest BCUT2D eigenvalue weighted by Gasteiger charge is -2.05. The zero-order valence-corrected chi connectivity index (χ0v) is 9.37. The first-order valence-corrected chi connectivity index (χ1v) is 5.09. The van der Waals surface area contributed by atoms with E-state index in [0.717, 1.165) is 12.0 Å². The highest BCUT2D eigenvalue weighted by Gasteiger charge is 2.12. The van der Waals surface area contributed by atoms with Crippen molar-refractivity contribution in [1.82, 2.24) is 0 Å². The van der Waals surface area contributed by atoms with Gasteiger partial charge in [-0.25, -0.2) is 0 Å². The molecule has 0 saturated heterocycles. The Morgan fingerprint density at radius 2 is 2.13 bits per heavy atom. The average Bonchev–Trinajstić information content (AvgIpc) is 2.27. The molecule has 0 unspecified atom stereocenters. The van der Waals surface area contributed by atoms with E-state index >= 15 is 0 Å². The minimum atomic E-state index is -0.106. The third-order valence-electron chi connectivity index (χ3n) is 2.51. The molecule has 0 heterocycles. The predicted molar refractivity (Wildman–Crippen MR) is 61.2 cm³/mol. The Labute approximate surface area is 90.3 Å². The van der Waals surface area contributed by atoms with Crippen LogP contribution in [0.3, 0.4) is 0 Å². The van der Waals surface area contributed by atoms with Crippen molar-refractivity contribution in [2.75, 3.05) is 0 Å². The van der Waals surface area contributed by atoms with Crippen LogP contribution in [0.1, 0.15) is 36.7 Å². The summed E-state index contributed by atoms with van der Waals surface area (Å²) >= 11 is 0. The first-order valence-electron chi connectivity index (χ1n) is 5.09. The van der Waals surface area contributed by atoms with Crippen LogP contribution in [0.2, 0.25) is 0 Å². The highest BCUT2D eigenvalue weighted by Crippen LogP contribution is 2.21. The van der Waals surface area contributed by atoms with E-state index in [1.807, 2.05) is 19.9 Å². The zero-order chi connectivity index (χ0) is 11.4. The molecule has 0 fully saturated rings. The number of aromatic hydroxyl groups is 1. The van der Waals surface area contributed by atoms with Gasteiger partial charge in [0.1, 0.15) is 5.75 Å². The molecule has 2 heteroatoms. The Morgan fingerprint density at radius 3 is 2.67 bits per heavy atom. The topological polar surface area (TPSA) is 37.3 Å². The van der Waals surface area contributed by atoms with Gasteiger partial charge < -0.3 is 5.11 Å². The minimum Gasteiger partial charge on any atom is -0.507 e. The van der Waals surface area contributed by atoms with Gasteiger partial charge >= 0.3 is 0 Å². The molecular weight excluding hydrogens is 188 g/mol. The van der Waals surface area contributed by atoms with Crippen molar-refractivity contribution in [1.29, 1.82) is 0 Å². The number of carbonyl (C=O) groups is 1. The molecule has 0 aliphatic carbocycles. The van der Waals surface area contributed by atoms with E-state index in [1.165, 1.54) is 0 Å². The van der Waals surface area contributed by atoms with Gasteiger partial charge in [-0.2, -0.15) is 0 Å². The minimum absolute atomic E-state index is 0.0541. The second-order valence-corrected chi connectivity index (χ2v) is 3.51. The Morgan fingerprint density at radius 1 is 1.47 bits per heavy atom. The summed E-state index contributed by atoms with van der Waals surface area (Å²) < 4.78 is 0. The van der Waals surface area contributed by atoms with Crippen LogP contribution >= 0.6 is 0 Å². The monoisotopic (exact) mass is 204 g/mol. The molecule has 1 N–H and O–H groups in total. The van der Waals surface area contributed by atoms with E-state index in [0.29, 0.717) is 11.1 Å². The average molecular weight is 204 g/mol.